The highest BCUT2D eigenvalue weighted by atomic mass is 16.3. The maximum Gasteiger partial charge on any atom is 0.234 e. The summed E-state index contributed by atoms with van der Waals surface area (Å²) < 4.78 is 6.05. The van der Waals surface area contributed by atoms with Gasteiger partial charge in [0.1, 0.15) is 11.5 Å². The second kappa shape index (κ2) is 12.7. The Morgan fingerprint density at radius 1 is 0.917 bits per heavy atom. The molecule has 2 aromatic carbocycles. The Hall–Kier alpha value is -3.89. The van der Waals surface area contributed by atoms with Gasteiger partial charge in [-0.25, -0.2) is 0 Å². The molecular formula is C29H32N4O3. The van der Waals surface area contributed by atoms with Crippen molar-refractivity contribution in [2.24, 2.45) is 0 Å². The molecule has 2 amide bonds. The standard InChI is InChI=1S/C29H32N4O3/c30-19-24-9-4-5-10-26(24)27-13-12-25(36-27)20-33-18-6-16-31-28(34)14-11-23(15-17-32-29(35)21-33)22-7-2-1-3-8-22/h1-5,7-10,12-13,23H,6,11,14-18,20-21H2,(H,31,34)(H,32,35). The summed E-state index contributed by atoms with van der Waals surface area (Å²) in [5.41, 5.74) is 2.50. The van der Waals surface area contributed by atoms with Crippen molar-refractivity contribution in [3.05, 3.63) is 83.6 Å². The number of benzene rings is 2. The zero-order valence-electron chi connectivity index (χ0n) is 20.4. The van der Waals surface area contributed by atoms with Crippen molar-refractivity contribution in [3.8, 4) is 17.4 Å². The van der Waals surface area contributed by atoms with Crippen LogP contribution in [0, 0.1) is 11.3 Å². The van der Waals surface area contributed by atoms with Gasteiger partial charge in [-0.2, -0.15) is 5.26 Å². The number of furan rings is 1. The van der Waals surface area contributed by atoms with E-state index in [1.165, 1.54) is 5.56 Å². The van der Waals surface area contributed by atoms with E-state index in [-0.39, 0.29) is 24.3 Å². The van der Waals surface area contributed by atoms with Crippen LogP contribution in [0.25, 0.3) is 11.3 Å². The average molecular weight is 485 g/mol. The quantitative estimate of drug-likeness (QED) is 0.578. The molecule has 1 aliphatic rings. The van der Waals surface area contributed by atoms with Gasteiger partial charge >= 0.3 is 0 Å². The van der Waals surface area contributed by atoms with Crippen LogP contribution >= 0.6 is 0 Å². The number of rotatable bonds is 4. The molecule has 36 heavy (non-hydrogen) atoms. The molecule has 186 valence electrons. The minimum atomic E-state index is -0.0236. The third kappa shape index (κ3) is 7.06. The molecule has 0 radical (unpaired) electrons. The van der Waals surface area contributed by atoms with Crippen LogP contribution in [0.5, 0.6) is 0 Å². The van der Waals surface area contributed by atoms with E-state index in [9.17, 15) is 14.9 Å². The van der Waals surface area contributed by atoms with Gasteiger partial charge in [0.25, 0.3) is 0 Å². The predicted octanol–water partition coefficient (Wildman–Crippen LogP) is 4.21. The number of amides is 2. The van der Waals surface area contributed by atoms with Crippen molar-refractivity contribution in [1.29, 1.82) is 5.26 Å². The third-order valence-corrected chi connectivity index (χ3v) is 6.50. The first-order valence-electron chi connectivity index (χ1n) is 12.5. The van der Waals surface area contributed by atoms with Gasteiger partial charge in [-0.1, -0.05) is 42.5 Å². The Morgan fingerprint density at radius 2 is 1.69 bits per heavy atom. The topological polar surface area (TPSA) is 98.4 Å². The number of hydrogen-bond acceptors (Lipinski definition) is 5. The number of nitrogens with one attached hydrogen (secondary N) is 2. The largest absolute Gasteiger partial charge is 0.460 e. The molecule has 0 bridgehead atoms. The molecule has 1 fully saturated rings. The van der Waals surface area contributed by atoms with Crippen molar-refractivity contribution in [2.45, 2.75) is 38.1 Å². The molecule has 4 rings (SSSR count). The maximum atomic E-state index is 12.8. The lowest BCUT2D eigenvalue weighted by atomic mass is 9.91. The van der Waals surface area contributed by atoms with Gasteiger partial charge in [-0.3, -0.25) is 14.5 Å². The molecule has 1 atom stereocenters. The first kappa shape index (κ1) is 25.2. The zero-order chi connectivity index (χ0) is 25.2. The van der Waals surface area contributed by atoms with E-state index < -0.39 is 0 Å². The Kier molecular flexibility index (Phi) is 8.90. The summed E-state index contributed by atoms with van der Waals surface area (Å²) in [6, 6.07) is 23.5. The summed E-state index contributed by atoms with van der Waals surface area (Å²) in [6.45, 7) is 2.47. The van der Waals surface area contributed by atoms with Crippen LogP contribution in [0.15, 0.2) is 71.1 Å². The van der Waals surface area contributed by atoms with Crippen LogP contribution in [-0.2, 0) is 16.1 Å². The molecule has 7 heteroatoms. The highest BCUT2D eigenvalue weighted by molar-refractivity contribution is 5.78. The fraction of sp³-hybridized carbons (Fsp3) is 0.345. The summed E-state index contributed by atoms with van der Waals surface area (Å²) in [5, 5.41) is 15.5. The van der Waals surface area contributed by atoms with Crippen LogP contribution in [0.3, 0.4) is 0 Å². The van der Waals surface area contributed by atoms with Gasteiger partial charge in [0.15, 0.2) is 0 Å². The second-order valence-corrected chi connectivity index (χ2v) is 9.12. The Labute approximate surface area is 212 Å². The maximum absolute atomic E-state index is 12.8. The molecule has 3 aromatic rings. The van der Waals surface area contributed by atoms with Gasteiger partial charge in [-0.15, -0.1) is 0 Å². The lowest BCUT2D eigenvalue weighted by molar-refractivity contribution is -0.123. The number of carbonyl (C=O) groups is 2. The first-order chi connectivity index (χ1) is 17.6. The molecular weight excluding hydrogens is 452 g/mol. The molecule has 7 nitrogen and oxygen atoms in total. The molecule has 1 unspecified atom stereocenters. The van der Waals surface area contributed by atoms with Crippen molar-refractivity contribution < 1.29 is 14.0 Å². The summed E-state index contributed by atoms with van der Waals surface area (Å²) in [6.07, 6.45) is 2.74. The molecule has 1 saturated heterocycles. The SMILES string of the molecule is N#Cc1ccccc1-c1ccc(CN2CCCNC(=O)CCC(c3ccccc3)CCNC(=O)C2)o1. The smallest absolute Gasteiger partial charge is 0.234 e. The second-order valence-electron chi connectivity index (χ2n) is 9.12. The van der Waals surface area contributed by atoms with E-state index in [2.05, 4.69) is 28.8 Å². The Bertz CT molecular complexity index is 1200. The summed E-state index contributed by atoms with van der Waals surface area (Å²) in [5.74, 6) is 1.61. The van der Waals surface area contributed by atoms with Crippen molar-refractivity contribution in [3.63, 3.8) is 0 Å². The molecule has 0 saturated carbocycles. The summed E-state index contributed by atoms with van der Waals surface area (Å²) in [7, 11) is 0. The van der Waals surface area contributed by atoms with Crippen LogP contribution in [0.1, 0.15) is 48.5 Å². The highest BCUT2D eigenvalue weighted by Crippen LogP contribution is 2.26. The van der Waals surface area contributed by atoms with Crippen molar-refractivity contribution in [1.82, 2.24) is 15.5 Å². The van der Waals surface area contributed by atoms with E-state index in [1.54, 1.807) is 6.07 Å². The van der Waals surface area contributed by atoms with Crippen molar-refractivity contribution >= 4 is 11.8 Å². The minimum Gasteiger partial charge on any atom is -0.460 e. The van der Waals surface area contributed by atoms with Gasteiger partial charge in [0.2, 0.25) is 11.8 Å². The monoisotopic (exact) mass is 484 g/mol. The number of hydrogen-bond donors (Lipinski definition) is 2. The zero-order valence-corrected chi connectivity index (χ0v) is 20.4. The van der Waals surface area contributed by atoms with E-state index in [0.29, 0.717) is 43.9 Å². The molecule has 1 aliphatic heterocycles. The fourth-order valence-corrected chi connectivity index (χ4v) is 4.61. The van der Waals surface area contributed by atoms with Crippen LogP contribution in [0.4, 0.5) is 0 Å². The lowest BCUT2D eigenvalue weighted by Crippen LogP contribution is -2.39. The molecule has 2 heterocycles. The minimum absolute atomic E-state index is 0.0236. The van der Waals surface area contributed by atoms with Gasteiger partial charge < -0.3 is 15.1 Å². The molecule has 1 aromatic heterocycles. The number of nitriles is 1. The normalized spacial score (nSPS) is 18.5. The molecule has 2 N–H and O–H groups in total. The number of nitrogens with zero attached hydrogens (tertiary/aromatic N) is 2. The summed E-state index contributed by atoms with van der Waals surface area (Å²) >= 11 is 0. The molecule has 0 spiro atoms. The third-order valence-electron chi connectivity index (χ3n) is 6.50. The predicted molar refractivity (Wildman–Crippen MR) is 138 cm³/mol. The Morgan fingerprint density at radius 3 is 2.53 bits per heavy atom. The lowest BCUT2D eigenvalue weighted by Gasteiger charge is -2.23. The molecule has 0 aliphatic carbocycles. The van der Waals surface area contributed by atoms with Crippen LogP contribution < -0.4 is 10.6 Å². The van der Waals surface area contributed by atoms with E-state index in [1.807, 2.05) is 53.4 Å². The van der Waals surface area contributed by atoms with E-state index >= 15 is 0 Å². The first-order valence-corrected chi connectivity index (χ1v) is 12.5. The average Bonchev–Trinajstić information content (AvgIpc) is 3.36. The van der Waals surface area contributed by atoms with Gasteiger partial charge in [0.05, 0.1) is 24.7 Å². The highest BCUT2D eigenvalue weighted by Gasteiger charge is 2.18. The number of carbonyl (C=O) groups excluding carboxylic acids is 2. The van der Waals surface area contributed by atoms with Crippen molar-refractivity contribution in [2.75, 3.05) is 26.2 Å². The van der Waals surface area contributed by atoms with E-state index in [4.69, 9.17) is 4.42 Å². The van der Waals surface area contributed by atoms with Gasteiger partial charge in [0, 0.05) is 31.6 Å². The van der Waals surface area contributed by atoms with E-state index in [0.717, 1.165) is 30.6 Å². The van der Waals surface area contributed by atoms with Crippen LogP contribution in [-0.4, -0.2) is 42.9 Å². The fourth-order valence-electron chi connectivity index (χ4n) is 4.61. The summed E-state index contributed by atoms with van der Waals surface area (Å²) in [4.78, 5) is 27.2. The van der Waals surface area contributed by atoms with Crippen LogP contribution in [0.2, 0.25) is 0 Å². The Balaban J connectivity index is 1.41. The van der Waals surface area contributed by atoms with Gasteiger partial charge in [-0.05, 0) is 55.0 Å².